The average Bonchev–Trinajstić information content (AvgIpc) is 3.31. The van der Waals surface area contributed by atoms with Gasteiger partial charge in [-0.25, -0.2) is 4.98 Å². The molecule has 0 unspecified atom stereocenters. The third-order valence-corrected chi connectivity index (χ3v) is 7.18. The molecule has 2 N–H and O–H groups in total. The van der Waals surface area contributed by atoms with E-state index in [2.05, 4.69) is 47.8 Å². The number of aliphatic hydroxyl groups excluding tert-OH is 1. The molecule has 3 atom stereocenters. The fourth-order valence-electron chi connectivity index (χ4n) is 4.93. The number of amides is 1. The molecule has 7 nitrogen and oxygen atoms in total. The number of rotatable bonds is 6. The van der Waals surface area contributed by atoms with Crippen molar-refractivity contribution in [1.29, 1.82) is 0 Å². The number of carbonyl (C=O) groups excluding carboxylic acids is 1. The Morgan fingerprint density at radius 2 is 2.00 bits per heavy atom. The molecule has 1 amide bonds. The number of nitrogens with zero attached hydrogens (tertiary/aromatic N) is 3. The Kier molecular flexibility index (Phi) is 8.30. The molecule has 36 heavy (non-hydrogen) atoms. The topological polar surface area (TPSA) is 86.1 Å². The Hall–Kier alpha value is -2.92. The fourth-order valence-corrected chi connectivity index (χ4v) is 4.93. The third-order valence-electron chi connectivity index (χ3n) is 7.18. The molecule has 1 saturated carbocycles. The second kappa shape index (κ2) is 11.4. The molecule has 0 spiro atoms. The number of likely N-dealkylation sites (N-methyl/N-ethyl adjacent to an activating group) is 1. The van der Waals surface area contributed by atoms with Crippen LogP contribution in [0.15, 0.2) is 42.6 Å². The van der Waals surface area contributed by atoms with Gasteiger partial charge in [0, 0.05) is 37.3 Å². The third kappa shape index (κ3) is 6.25. The van der Waals surface area contributed by atoms with Gasteiger partial charge in [-0.15, -0.1) is 0 Å². The Morgan fingerprint density at radius 1 is 1.28 bits per heavy atom. The minimum atomic E-state index is -0.966. The van der Waals surface area contributed by atoms with Gasteiger partial charge in [-0.1, -0.05) is 49.1 Å². The zero-order valence-corrected chi connectivity index (χ0v) is 21.5. The van der Waals surface area contributed by atoms with E-state index in [1.807, 2.05) is 25.1 Å². The summed E-state index contributed by atoms with van der Waals surface area (Å²) in [5.41, 5.74) is 1.15. The summed E-state index contributed by atoms with van der Waals surface area (Å²) in [5, 5.41) is 20.5. The van der Waals surface area contributed by atoms with Crippen LogP contribution in [0.1, 0.15) is 61.0 Å². The average molecular weight is 492 g/mol. The summed E-state index contributed by atoms with van der Waals surface area (Å²) >= 11 is 0. The van der Waals surface area contributed by atoms with Gasteiger partial charge < -0.3 is 19.8 Å². The van der Waals surface area contributed by atoms with E-state index in [1.165, 1.54) is 5.56 Å². The number of fused-ring (bicyclic) bond motifs is 1. The van der Waals surface area contributed by atoms with Crippen molar-refractivity contribution in [3.05, 3.63) is 59.3 Å². The lowest BCUT2D eigenvalue weighted by Crippen LogP contribution is -2.49. The number of hydrogen-bond donors (Lipinski definition) is 2. The highest BCUT2D eigenvalue weighted by molar-refractivity contribution is 5.97. The van der Waals surface area contributed by atoms with Crippen molar-refractivity contribution in [2.24, 2.45) is 5.92 Å². The summed E-state index contributed by atoms with van der Waals surface area (Å²) in [6, 6.07) is 11.6. The van der Waals surface area contributed by atoms with Crippen molar-refractivity contribution in [1.82, 2.24) is 14.8 Å². The van der Waals surface area contributed by atoms with Gasteiger partial charge in [0.1, 0.15) is 17.3 Å². The number of carbonyl (C=O) groups is 1. The standard InChI is InChI=1S/C29H37N3O4/c1-21-17-32(22(2)20-33)28(34)25-15-24(11-14-29(35)12-7-8-13-29)16-30-27(25)36-26(21)19-31(3)18-23-9-5-4-6-10-23/h4-6,9-10,15-16,21-22,26,33,35H,7-8,12-13,17-20H2,1-3H3/t21-,22+,26+/m0/s1. The monoisotopic (exact) mass is 491 g/mol. The molecule has 192 valence electrons. The second-order valence-corrected chi connectivity index (χ2v) is 10.4. The molecule has 1 aliphatic carbocycles. The summed E-state index contributed by atoms with van der Waals surface area (Å²) in [7, 11) is 2.06. The van der Waals surface area contributed by atoms with Gasteiger partial charge in [-0.05, 0) is 51.3 Å². The van der Waals surface area contributed by atoms with Crippen LogP contribution in [0.4, 0.5) is 0 Å². The summed E-state index contributed by atoms with van der Waals surface area (Å²) in [6.07, 6.45) is 4.66. The normalized spacial score (nSPS) is 22.2. The van der Waals surface area contributed by atoms with Crippen LogP contribution >= 0.6 is 0 Å². The Morgan fingerprint density at radius 3 is 2.69 bits per heavy atom. The van der Waals surface area contributed by atoms with Crippen LogP contribution in [-0.2, 0) is 6.54 Å². The molecule has 4 rings (SSSR count). The van der Waals surface area contributed by atoms with Crippen LogP contribution in [0.5, 0.6) is 5.88 Å². The Bertz CT molecular complexity index is 1100. The molecule has 1 fully saturated rings. The lowest BCUT2D eigenvalue weighted by molar-refractivity contribution is 0.0325. The molecule has 1 aliphatic heterocycles. The largest absolute Gasteiger partial charge is 0.472 e. The number of aliphatic hydroxyl groups is 2. The predicted octanol–water partition coefficient (Wildman–Crippen LogP) is 3.09. The van der Waals surface area contributed by atoms with Crippen LogP contribution in [-0.4, -0.2) is 75.4 Å². The van der Waals surface area contributed by atoms with E-state index in [1.54, 1.807) is 17.2 Å². The van der Waals surface area contributed by atoms with Crippen LogP contribution in [0.25, 0.3) is 0 Å². The molecule has 0 radical (unpaired) electrons. The molecule has 1 aromatic carbocycles. The Balaban J connectivity index is 1.61. The summed E-state index contributed by atoms with van der Waals surface area (Å²) < 4.78 is 6.38. The lowest BCUT2D eigenvalue weighted by atomic mass is 9.99. The first-order valence-corrected chi connectivity index (χ1v) is 12.8. The zero-order chi connectivity index (χ0) is 25.7. The molecule has 7 heteroatoms. The van der Waals surface area contributed by atoms with Crippen LogP contribution in [0.3, 0.4) is 0 Å². The summed E-state index contributed by atoms with van der Waals surface area (Å²) in [6.45, 7) is 5.67. The molecule has 2 heterocycles. The van der Waals surface area contributed by atoms with Crippen molar-refractivity contribution >= 4 is 5.91 Å². The van der Waals surface area contributed by atoms with Gasteiger partial charge in [-0.3, -0.25) is 9.69 Å². The molecular weight excluding hydrogens is 454 g/mol. The smallest absolute Gasteiger partial charge is 0.259 e. The quantitative estimate of drug-likeness (QED) is 0.604. The van der Waals surface area contributed by atoms with Crippen molar-refractivity contribution in [2.75, 3.05) is 26.7 Å². The maximum Gasteiger partial charge on any atom is 0.259 e. The predicted molar refractivity (Wildman–Crippen MR) is 138 cm³/mol. The van der Waals surface area contributed by atoms with E-state index < -0.39 is 5.60 Å². The summed E-state index contributed by atoms with van der Waals surface area (Å²) in [5.74, 6) is 6.08. The van der Waals surface area contributed by atoms with Crippen molar-refractivity contribution in [3.8, 4) is 17.7 Å². The van der Waals surface area contributed by atoms with Gasteiger partial charge in [0.15, 0.2) is 0 Å². The SMILES string of the molecule is C[C@H](CO)N1C[C@H](C)[C@@H](CN(C)Cc2ccccc2)Oc2ncc(C#CC3(O)CCCC3)cc2C1=O. The van der Waals surface area contributed by atoms with Gasteiger partial charge >= 0.3 is 0 Å². The zero-order valence-electron chi connectivity index (χ0n) is 21.5. The summed E-state index contributed by atoms with van der Waals surface area (Å²) in [4.78, 5) is 22.0. The molecule has 0 saturated heterocycles. The number of pyridine rings is 1. The van der Waals surface area contributed by atoms with Gasteiger partial charge in [0.05, 0.1) is 12.6 Å². The Labute approximate surface area is 214 Å². The van der Waals surface area contributed by atoms with Crippen LogP contribution in [0.2, 0.25) is 0 Å². The highest BCUT2D eigenvalue weighted by Crippen LogP contribution is 2.30. The number of hydrogen-bond acceptors (Lipinski definition) is 6. The van der Waals surface area contributed by atoms with Gasteiger partial charge in [0.25, 0.3) is 5.91 Å². The van der Waals surface area contributed by atoms with E-state index in [4.69, 9.17) is 4.74 Å². The van der Waals surface area contributed by atoms with Crippen LogP contribution in [0, 0.1) is 17.8 Å². The van der Waals surface area contributed by atoms with E-state index in [9.17, 15) is 15.0 Å². The van der Waals surface area contributed by atoms with E-state index in [-0.39, 0.29) is 36.5 Å². The van der Waals surface area contributed by atoms with E-state index >= 15 is 0 Å². The van der Waals surface area contributed by atoms with E-state index in [0.29, 0.717) is 37.1 Å². The number of aromatic nitrogens is 1. The number of benzene rings is 1. The minimum absolute atomic E-state index is 0.0206. The van der Waals surface area contributed by atoms with Crippen molar-refractivity contribution < 1.29 is 19.7 Å². The molecular formula is C29H37N3O4. The highest BCUT2D eigenvalue weighted by Gasteiger charge is 2.34. The van der Waals surface area contributed by atoms with Crippen LogP contribution < -0.4 is 4.74 Å². The minimum Gasteiger partial charge on any atom is -0.472 e. The first kappa shape index (κ1) is 26.2. The fraction of sp³-hybridized carbons (Fsp3) is 0.517. The van der Waals surface area contributed by atoms with Gasteiger partial charge in [0.2, 0.25) is 5.88 Å². The highest BCUT2D eigenvalue weighted by atomic mass is 16.5. The van der Waals surface area contributed by atoms with E-state index in [0.717, 1.165) is 19.4 Å². The first-order valence-electron chi connectivity index (χ1n) is 12.8. The second-order valence-electron chi connectivity index (χ2n) is 10.4. The number of ether oxygens (including phenoxy) is 1. The maximum atomic E-state index is 13.6. The lowest BCUT2D eigenvalue weighted by Gasteiger charge is -2.37. The van der Waals surface area contributed by atoms with Gasteiger partial charge in [-0.2, -0.15) is 0 Å². The molecule has 2 aliphatic rings. The molecule has 0 bridgehead atoms. The van der Waals surface area contributed by atoms with Crippen molar-refractivity contribution in [2.45, 2.75) is 63.8 Å². The molecule has 1 aromatic heterocycles. The maximum absolute atomic E-state index is 13.6. The molecule has 2 aromatic rings. The first-order chi connectivity index (χ1) is 17.3. The van der Waals surface area contributed by atoms with Crippen molar-refractivity contribution in [3.63, 3.8) is 0 Å².